The van der Waals surface area contributed by atoms with Crippen molar-refractivity contribution in [2.24, 2.45) is 0 Å². The van der Waals surface area contributed by atoms with E-state index in [2.05, 4.69) is 56.2 Å². The molecule has 0 radical (unpaired) electrons. The van der Waals surface area contributed by atoms with E-state index in [-0.39, 0.29) is 0 Å². The third-order valence-corrected chi connectivity index (χ3v) is 4.77. The van der Waals surface area contributed by atoms with Crippen LogP contribution < -0.4 is 10.2 Å². The number of anilines is 2. The highest BCUT2D eigenvalue weighted by atomic mass is 32.1. The molecule has 114 valence electrons. The van der Waals surface area contributed by atoms with Crippen molar-refractivity contribution >= 4 is 22.2 Å². The second-order valence-electron chi connectivity index (χ2n) is 5.50. The van der Waals surface area contributed by atoms with E-state index in [1.54, 1.807) is 11.3 Å². The van der Waals surface area contributed by atoms with Crippen LogP contribution in [0.5, 0.6) is 0 Å². The van der Waals surface area contributed by atoms with Crippen molar-refractivity contribution in [2.75, 3.05) is 19.0 Å². The van der Waals surface area contributed by atoms with Gasteiger partial charge in [-0.2, -0.15) is 0 Å². The van der Waals surface area contributed by atoms with Crippen LogP contribution in [-0.4, -0.2) is 19.1 Å². The van der Waals surface area contributed by atoms with E-state index in [1.807, 2.05) is 7.05 Å². The van der Waals surface area contributed by atoms with Crippen molar-refractivity contribution in [2.45, 2.75) is 40.2 Å². The van der Waals surface area contributed by atoms with Crippen molar-refractivity contribution in [1.29, 1.82) is 0 Å². The Morgan fingerprint density at radius 1 is 1.29 bits per heavy atom. The first kappa shape index (κ1) is 16.0. The first-order valence-corrected chi connectivity index (χ1v) is 8.32. The molecular formula is C17H25N3S. The van der Waals surface area contributed by atoms with E-state index >= 15 is 0 Å². The minimum atomic E-state index is 0.897. The molecule has 0 aliphatic carbocycles. The lowest BCUT2D eigenvalue weighted by Crippen LogP contribution is -2.10. The first-order valence-electron chi connectivity index (χ1n) is 7.51. The second-order valence-corrected chi connectivity index (χ2v) is 6.56. The predicted molar refractivity (Wildman–Crippen MR) is 92.9 cm³/mol. The maximum atomic E-state index is 4.86. The summed E-state index contributed by atoms with van der Waals surface area (Å²) in [6.45, 7) is 7.39. The predicted octanol–water partition coefficient (Wildman–Crippen LogP) is 4.20. The van der Waals surface area contributed by atoms with Gasteiger partial charge in [0.1, 0.15) is 0 Å². The van der Waals surface area contributed by atoms with Crippen molar-refractivity contribution in [3.63, 3.8) is 0 Å². The van der Waals surface area contributed by atoms with Crippen molar-refractivity contribution in [1.82, 2.24) is 10.3 Å². The van der Waals surface area contributed by atoms with E-state index in [4.69, 9.17) is 4.98 Å². The molecule has 3 nitrogen and oxygen atoms in total. The van der Waals surface area contributed by atoms with Crippen LogP contribution in [0.25, 0.3) is 0 Å². The molecule has 1 aromatic heterocycles. The highest BCUT2D eigenvalue weighted by molar-refractivity contribution is 7.15. The molecule has 0 saturated carbocycles. The minimum Gasteiger partial charge on any atom is -0.321 e. The van der Waals surface area contributed by atoms with Gasteiger partial charge >= 0.3 is 0 Å². The third kappa shape index (κ3) is 3.63. The molecular weight excluding hydrogens is 278 g/mol. The normalized spacial score (nSPS) is 10.9. The SMILES string of the molecule is CCCc1nc(N(C)c2ccc(C)cc2C)sc1CNC. The van der Waals surface area contributed by atoms with Crippen LogP contribution in [0, 0.1) is 13.8 Å². The van der Waals surface area contributed by atoms with Crippen LogP contribution in [0.1, 0.15) is 35.0 Å². The quantitative estimate of drug-likeness (QED) is 0.867. The molecule has 2 rings (SSSR count). The topological polar surface area (TPSA) is 28.2 Å². The Morgan fingerprint density at radius 3 is 2.67 bits per heavy atom. The summed E-state index contributed by atoms with van der Waals surface area (Å²) >= 11 is 1.79. The zero-order chi connectivity index (χ0) is 15.4. The number of hydrogen-bond acceptors (Lipinski definition) is 4. The number of aryl methyl sites for hydroxylation is 3. The Morgan fingerprint density at radius 2 is 2.05 bits per heavy atom. The third-order valence-electron chi connectivity index (χ3n) is 3.59. The monoisotopic (exact) mass is 303 g/mol. The smallest absolute Gasteiger partial charge is 0.190 e. The Hall–Kier alpha value is -1.39. The van der Waals surface area contributed by atoms with Crippen molar-refractivity contribution < 1.29 is 0 Å². The van der Waals surface area contributed by atoms with Gasteiger partial charge in [0.25, 0.3) is 0 Å². The van der Waals surface area contributed by atoms with Crippen LogP contribution in [0.3, 0.4) is 0 Å². The van der Waals surface area contributed by atoms with Gasteiger partial charge in [0.05, 0.1) is 5.69 Å². The fourth-order valence-corrected chi connectivity index (χ4v) is 3.62. The number of thiazole rings is 1. The van der Waals surface area contributed by atoms with Crippen molar-refractivity contribution in [3.8, 4) is 0 Å². The summed E-state index contributed by atoms with van der Waals surface area (Å²) in [7, 11) is 4.10. The average molecular weight is 303 g/mol. The van der Waals surface area contributed by atoms with Gasteiger partial charge in [-0.15, -0.1) is 0 Å². The Balaban J connectivity index is 2.33. The summed E-state index contributed by atoms with van der Waals surface area (Å²) in [4.78, 5) is 8.42. The summed E-state index contributed by atoms with van der Waals surface area (Å²) < 4.78 is 0. The molecule has 1 heterocycles. The van der Waals surface area contributed by atoms with Crippen LogP contribution in [0.2, 0.25) is 0 Å². The van der Waals surface area contributed by atoms with Gasteiger partial charge in [0, 0.05) is 24.2 Å². The van der Waals surface area contributed by atoms with E-state index < -0.39 is 0 Å². The minimum absolute atomic E-state index is 0.897. The molecule has 1 N–H and O–H groups in total. The lowest BCUT2D eigenvalue weighted by Gasteiger charge is -2.18. The first-order chi connectivity index (χ1) is 10.1. The number of aromatic nitrogens is 1. The molecule has 0 unspecified atom stereocenters. The molecule has 0 bridgehead atoms. The highest BCUT2D eigenvalue weighted by Gasteiger charge is 2.15. The van der Waals surface area contributed by atoms with Crippen LogP contribution in [0.4, 0.5) is 10.8 Å². The van der Waals surface area contributed by atoms with Crippen LogP contribution in [0.15, 0.2) is 18.2 Å². The van der Waals surface area contributed by atoms with E-state index in [9.17, 15) is 0 Å². The number of rotatable bonds is 6. The maximum absolute atomic E-state index is 4.86. The molecule has 0 fully saturated rings. The van der Waals surface area contributed by atoms with Crippen LogP contribution in [-0.2, 0) is 13.0 Å². The van der Waals surface area contributed by atoms with Gasteiger partial charge in [-0.05, 0) is 38.9 Å². The molecule has 2 aromatic rings. The maximum Gasteiger partial charge on any atom is 0.190 e. The van der Waals surface area contributed by atoms with Gasteiger partial charge in [0.2, 0.25) is 0 Å². The van der Waals surface area contributed by atoms with Crippen molar-refractivity contribution in [3.05, 3.63) is 39.9 Å². The number of benzene rings is 1. The van der Waals surface area contributed by atoms with Crippen LogP contribution >= 0.6 is 11.3 Å². The van der Waals surface area contributed by atoms with Gasteiger partial charge in [-0.1, -0.05) is 42.4 Å². The molecule has 0 atom stereocenters. The summed E-state index contributed by atoms with van der Waals surface area (Å²) in [6.07, 6.45) is 2.18. The molecule has 21 heavy (non-hydrogen) atoms. The molecule has 0 aliphatic rings. The summed E-state index contributed by atoms with van der Waals surface area (Å²) in [6, 6.07) is 6.57. The van der Waals surface area contributed by atoms with Gasteiger partial charge < -0.3 is 10.2 Å². The van der Waals surface area contributed by atoms with E-state index in [0.29, 0.717) is 0 Å². The Kier molecular flexibility index (Phi) is 5.37. The summed E-state index contributed by atoms with van der Waals surface area (Å²) in [5.74, 6) is 0. The Labute approximate surface area is 132 Å². The zero-order valence-corrected chi connectivity index (χ0v) is 14.5. The van der Waals surface area contributed by atoms with Gasteiger partial charge in [-0.3, -0.25) is 0 Å². The molecule has 0 saturated heterocycles. The van der Waals surface area contributed by atoms with E-state index in [0.717, 1.165) is 24.5 Å². The number of hydrogen-bond donors (Lipinski definition) is 1. The summed E-state index contributed by atoms with van der Waals surface area (Å²) in [5.41, 5.74) is 5.06. The fraction of sp³-hybridized carbons (Fsp3) is 0.471. The number of nitrogens with one attached hydrogen (secondary N) is 1. The molecule has 0 aliphatic heterocycles. The molecule has 0 amide bonds. The molecule has 4 heteroatoms. The van der Waals surface area contributed by atoms with Gasteiger partial charge in [-0.25, -0.2) is 4.98 Å². The lowest BCUT2D eigenvalue weighted by molar-refractivity contribution is 0.798. The van der Waals surface area contributed by atoms with E-state index in [1.165, 1.54) is 27.4 Å². The largest absolute Gasteiger partial charge is 0.321 e. The Bertz CT molecular complexity index is 581. The lowest BCUT2D eigenvalue weighted by atomic mass is 10.1. The van der Waals surface area contributed by atoms with Gasteiger partial charge in [0.15, 0.2) is 5.13 Å². The zero-order valence-electron chi connectivity index (χ0n) is 13.7. The second kappa shape index (κ2) is 7.05. The average Bonchev–Trinajstić information content (AvgIpc) is 2.82. The molecule has 1 aromatic carbocycles. The number of nitrogens with zero attached hydrogens (tertiary/aromatic N) is 2. The fourth-order valence-electron chi connectivity index (χ4n) is 2.53. The highest BCUT2D eigenvalue weighted by Crippen LogP contribution is 2.33. The molecule has 0 spiro atoms. The standard InChI is InChI=1S/C17H25N3S/c1-6-7-14-16(11-18-4)21-17(19-14)20(5)15-9-8-12(2)10-13(15)3/h8-10,18H,6-7,11H2,1-5H3. The summed E-state index contributed by atoms with van der Waals surface area (Å²) in [5, 5.41) is 4.32.